The highest BCUT2D eigenvalue weighted by Crippen LogP contribution is 2.15. The molecule has 0 unspecified atom stereocenters. The monoisotopic (exact) mass is 316 g/mol. The van der Waals surface area contributed by atoms with Gasteiger partial charge in [0.1, 0.15) is 11.3 Å². The van der Waals surface area contributed by atoms with Crippen molar-refractivity contribution < 1.29 is 4.79 Å². The average Bonchev–Trinajstić information content (AvgIpc) is 2.92. The lowest BCUT2D eigenvalue weighted by molar-refractivity contribution is 0.0945. The zero-order valence-electron chi connectivity index (χ0n) is 14.7. The summed E-state index contributed by atoms with van der Waals surface area (Å²) < 4.78 is 1.89. The first-order chi connectivity index (χ1) is 11.1. The molecule has 0 spiro atoms. The molecule has 0 bridgehead atoms. The molecular weight excluding hydrogens is 288 g/mol. The molecule has 0 saturated heterocycles. The van der Waals surface area contributed by atoms with Gasteiger partial charge in [-0.05, 0) is 57.1 Å². The SMILES string of the molecule is CCc1nc2cc(C)ccn2c1C(=O)NCCCN(CC)CC. The van der Waals surface area contributed by atoms with Crippen LogP contribution in [0.2, 0.25) is 0 Å². The third-order valence-electron chi connectivity index (χ3n) is 4.23. The van der Waals surface area contributed by atoms with Crippen molar-refractivity contribution >= 4 is 11.6 Å². The molecule has 0 radical (unpaired) electrons. The molecule has 0 aliphatic rings. The number of pyridine rings is 1. The Morgan fingerprint density at radius 2 is 2.04 bits per heavy atom. The van der Waals surface area contributed by atoms with Crippen LogP contribution in [0, 0.1) is 6.92 Å². The fourth-order valence-electron chi connectivity index (χ4n) is 2.81. The van der Waals surface area contributed by atoms with Crippen molar-refractivity contribution in [3.05, 3.63) is 35.3 Å². The van der Waals surface area contributed by atoms with E-state index in [1.54, 1.807) is 0 Å². The lowest BCUT2D eigenvalue weighted by Crippen LogP contribution is -2.30. The molecule has 2 heterocycles. The van der Waals surface area contributed by atoms with Crippen molar-refractivity contribution in [2.75, 3.05) is 26.2 Å². The third kappa shape index (κ3) is 4.10. The Balaban J connectivity index is 2.05. The van der Waals surface area contributed by atoms with Crippen molar-refractivity contribution in [2.24, 2.45) is 0 Å². The number of imidazole rings is 1. The lowest BCUT2D eigenvalue weighted by Gasteiger charge is -2.17. The molecule has 126 valence electrons. The summed E-state index contributed by atoms with van der Waals surface area (Å²) in [4.78, 5) is 19.5. The molecule has 0 saturated carbocycles. The van der Waals surface area contributed by atoms with Crippen LogP contribution in [0.25, 0.3) is 5.65 Å². The number of rotatable bonds is 8. The van der Waals surface area contributed by atoms with Gasteiger partial charge < -0.3 is 10.2 Å². The Morgan fingerprint density at radius 1 is 1.30 bits per heavy atom. The van der Waals surface area contributed by atoms with E-state index in [2.05, 4.69) is 29.0 Å². The Bertz CT molecular complexity index is 658. The summed E-state index contributed by atoms with van der Waals surface area (Å²) in [5, 5.41) is 3.04. The van der Waals surface area contributed by atoms with Crippen molar-refractivity contribution in [1.29, 1.82) is 0 Å². The summed E-state index contributed by atoms with van der Waals surface area (Å²) in [5.41, 5.74) is 3.52. The van der Waals surface area contributed by atoms with Crippen molar-refractivity contribution in [2.45, 2.75) is 40.5 Å². The maximum absolute atomic E-state index is 12.6. The molecule has 5 nitrogen and oxygen atoms in total. The van der Waals surface area contributed by atoms with Crippen molar-refractivity contribution in [3.63, 3.8) is 0 Å². The largest absolute Gasteiger partial charge is 0.351 e. The van der Waals surface area contributed by atoms with Crippen LogP contribution in [0.3, 0.4) is 0 Å². The van der Waals surface area contributed by atoms with Crippen LogP contribution in [0.1, 0.15) is 48.9 Å². The molecule has 0 fully saturated rings. The van der Waals surface area contributed by atoms with E-state index in [0.29, 0.717) is 12.2 Å². The van der Waals surface area contributed by atoms with Gasteiger partial charge in [0.2, 0.25) is 0 Å². The highest BCUT2D eigenvalue weighted by molar-refractivity contribution is 5.94. The highest BCUT2D eigenvalue weighted by Gasteiger charge is 2.17. The molecule has 2 aromatic heterocycles. The molecule has 5 heteroatoms. The van der Waals surface area contributed by atoms with Gasteiger partial charge in [0.15, 0.2) is 0 Å². The molecular formula is C18H28N4O. The Hall–Kier alpha value is -1.88. The summed E-state index contributed by atoms with van der Waals surface area (Å²) in [5.74, 6) is -0.0299. The predicted octanol–water partition coefficient (Wildman–Crippen LogP) is 2.67. The Labute approximate surface area is 138 Å². The summed E-state index contributed by atoms with van der Waals surface area (Å²) >= 11 is 0. The van der Waals surface area contributed by atoms with Gasteiger partial charge in [0.25, 0.3) is 5.91 Å². The summed E-state index contributed by atoms with van der Waals surface area (Å²) in [6, 6.07) is 4.02. The smallest absolute Gasteiger partial charge is 0.270 e. The number of carbonyl (C=O) groups excluding carboxylic acids is 1. The molecule has 1 N–H and O–H groups in total. The van der Waals surface area contributed by atoms with Crippen molar-refractivity contribution in [1.82, 2.24) is 19.6 Å². The number of aryl methyl sites for hydroxylation is 2. The molecule has 2 rings (SSSR count). The number of hydrogen-bond donors (Lipinski definition) is 1. The van der Waals surface area contributed by atoms with E-state index in [1.165, 1.54) is 0 Å². The van der Waals surface area contributed by atoms with E-state index in [9.17, 15) is 4.79 Å². The Morgan fingerprint density at radius 3 is 2.70 bits per heavy atom. The van der Waals surface area contributed by atoms with Gasteiger partial charge in [-0.25, -0.2) is 4.98 Å². The zero-order chi connectivity index (χ0) is 16.8. The van der Waals surface area contributed by atoms with E-state index in [4.69, 9.17) is 0 Å². The second-order valence-electron chi connectivity index (χ2n) is 5.83. The fraction of sp³-hybridized carbons (Fsp3) is 0.556. The van der Waals surface area contributed by atoms with E-state index < -0.39 is 0 Å². The first kappa shape index (κ1) is 17.5. The third-order valence-corrected chi connectivity index (χ3v) is 4.23. The minimum Gasteiger partial charge on any atom is -0.351 e. The van der Waals surface area contributed by atoms with Crippen LogP contribution in [0.4, 0.5) is 0 Å². The normalized spacial score (nSPS) is 11.3. The Kier molecular flexibility index (Phi) is 6.16. The van der Waals surface area contributed by atoms with Gasteiger partial charge in [0, 0.05) is 12.7 Å². The van der Waals surface area contributed by atoms with Gasteiger partial charge >= 0.3 is 0 Å². The zero-order valence-corrected chi connectivity index (χ0v) is 14.7. The number of carbonyl (C=O) groups is 1. The van der Waals surface area contributed by atoms with Crippen LogP contribution < -0.4 is 5.32 Å². The maximum atomic E-state index is 12.6. The molecule has 0 aliphatic carbocycles. The first-order valence-electron chi connectivity index (χ1n) is 8.58. The number of hydrogen-bond acceptors (Lipinski definition) is 3. The fourth-order valence-corrected chi connectivity index (χ4v) is 2.81. The molecule has 0 atom stereocenters. The summed E-state index contributed by atoms with van der Waals surface area (Å²) in [7, 11) is 0. The van der Waals surface area contributed by atoms with Crippen LogP contribution >= 0.6 is 0 Å². The molecule has 1 amide bonds. The maximum Gasteiger partial charge on any atom is 0.270 e. The molecule has 23 heavy (non-hydrogen) atoms. The molecule has 2 aromatic rings. The van der Waals surface area contributed by atoms with Crippen molar-refractivity contribution in [3.8, 4) is 0 Å². The van der Waals surface area contributed by atoms with E-state index in [-0.39, 0.29) is 5.91 Å². The van der Waals surface area contributed by atoms with E-state index in [1.807, 2.05) is 36.6 Å². The predicted molar refractivity (Wildman–Crippen MR) is 94.0 cm³/mol. The number of nitrogens with one attached hydrogen (secondary N) is 1. The van der Waals surface area contributed by atoms with Gasteiger partial charge in [0.05, 0.1) is 5.69 Å². The number of aromatic nitrogens is 2. The molecule has 0 aliphatic heterocycles. The molecule has 0 aromatic carbocycles. The van der Waals surface area contributed by atoms with E-state index in [0.717, 1.165) is 49.4 Å². The number of amides is 1. The highest BCUT2D eigenvalue weighted by atomic mass is 16.1. The van der Waals surface area contributed by atoms with Gasteiger partial charge in [-0.15, -0.1) is 0 Å². The van der Waals surface area contributed by atoms with Crippen LogP contribution in [0.5, 0.6) is 0 Å². The summed E-state index contributed by atoms with van der Waals surface area (Å²) in [6.07, 6.45) is 3.65. The quantitative estimate of drug-likeness (QED) is 0.762. The first-order valence-corrected chi connectivity index (χ1v) is 8.58. The number of nitrogens with zero attached hydrogens (tertiary/aromatic N) is 3. The minimum absolute atomic E-state index is 0.0299. The minimum atomic E-state index is -0.0299. The van der Waals surface area contributed by atoms with Gasteiger partial charge in [-0.2, -0.15) is 0 Å². The standard InChI is InChI=1S/C18H28N4O/c1-5-15-17(22-12-9-14(4)13-16(22)20-15)18(23)19-10-8-11-21(6-2)7-3/h9,12-13H,5-8,10-11H2,1-4H3,(H,19,23). The average molecular weight is 316 g/mol. The summed E-state index contributed by atoms with van der Waals surface area (Å²) in [6.45, 7) is 12.2. The second kappa shape index (κ2) is 8.11. The second-order valence-corrected chi connectivity index (χ2v) is 5.83. The van der Waals surface area contributed by atoms with Crippen LogP contribution in [0.15, 0.2) is 18.3 Å². The van der Waals surface area contributed by atoms with Crippen LogP contribution in [-0.2, 0) is 6.42 Å². The van der Waals surface area contributed by atoms with E-state index >= 15 is 0 Å². The topological polar surface area (TPSA) is 49.6 Å². The lowest BCUT2D eigenvalue weighted by atomic mass is 10.2. The van der Waals surface area contributed by atoms with Gasteiger partial charge in [-0.1, -0.05) is 20.8 Å². The van der Waals surface area contributed by atoms with Crippen LogP contribution in [-0.4, -0.2) is 46.4 Å². The number of fused-ring (bicyclic) bond motifs is 1. The van der Waals surface area contributed by atoms with Gasteiger partial charge in [-0.3, -0.25) is 9.20 Å².